The van der Waals surface area contributed by atoms with Crippen molar-refractivity contribution in [2.24, 2.45) is 5.41 Å². The first-order chi connectivity index (χ1) is 9.77. The first-order valence-electron chi connectivity index (χ1n) is 7.77. The predicted octanol–water partition coefficient (Wildman–Crippen LogP) is 3.25. The molecule has 1 fully saturated rings. The Bertz CT molecular complexity index is 382. The van der Waals surface area contributed by atoms with Gasteiger partial charge in [-0.15, -0.1) is 0 Å². The van der Waals surface area contributed by atoms with Crippen molar-refractivity contribution in [3.05, 3.63) is 30.3 Å². The van der Waals surface area contributed by atoms with Gasteiger partial charge in [-0.05, 0) is 44.9 Å². The first-order valence-corrected chi connectivity index (χ1v) is 7.77. The summed E-state index contributed by atoms with van der Waals surface area (Å²) in [5.41, 5.74) is 0.288. The van der Waals surface area contributed by atoms with Gasteiger partial charge in [0.15, 0.2) is 0 Å². The smallest absolute Gasteiger partial charge is 0.119 e. The van der Waals surface area contributed by atoms with Crippen molar-refractivity contribution in [3.8, 4) is 5.75 Å². The van der Waals surface area contributed by atoms with E-state index in [0.717, 1.165) is 51.3 Å². The predicted molar refractivity (Wildman–Crippen MR) is 82.2 cm³/mol. The fourth-order valence-electron chi connectivity index (χ4n) is 2.97. The third kappa shape index (κ3) is 3.97. The van der Waals surface area contributed by atoms with Gasteiger partial charge in [-0.25, -0.2) is 0 Å². The Morgan fingerprint density at radius 3 is 2.80 bits per heavy atom. The molecule has 2 unspecified atom stereocenters. The van der Waals surface area contributed by atoms with Crippen molar-refractivity contribution in [3.63, 3.8) is 0 Å². The van der Waals surface area contributed by atoms with Crippen molar-refractivity contribution in [2.75, 3.05) is 26.3 Å². The average Bonchev–Trinajstić information content (AvgIpc) is 2.84. The van der Waals surface area contributed by atoms with Crippen molar-refractivity contribution in [1.82, 2.24) is 5.32 Å². The van der Waals surface area contributed by atoms with Crippen LogP contribution in [0.15, 0.2) is 30.3 Å². The molecule has 112 valence electrons. The Kier molecular flexibility index (Phi) is 5.86. The zero-order valence-corrected chi connectivity index (χ0v) is 12.7. The molecule has 1 heterocycles. The molecule has 20 heavy (non-hydrogen) atoms. The van der Waals surface area contributed by atoms with E-state index in [1.165, 1.54) is 0 Å². The maximum atomic E-state index is 5.80. The summed E-state index contributed by atoms with van der Waals surface area (Å²) in [6.07, 6.45) is 3.74. The van der Waals surface area contributed by atoms with Gasteiger partial charge in [0.05, 0.1) is 12.7 Å². The molecular weight excluding hydrogens is 250 g/mol. The van der Waals surface area contributed by atoms with Crippen molar-refractivity contribution < 1.29 is 9.47 Å². The number of nitrogens with one attached hydrogen (secondary N) is 1. The molecule has 3 heteroatoms. The molecule has 0 aromatic heterocycles. The lowest BCUT2D eigenvalue weighted by Gasteiger charge is -2.32. The van der Waals surface area contributed by atoms with E-state index in [1.807, 2.05) is 30.3 Å². The standard InChI is InChI=1S/C17H27NO2/c1-3-18-14-17(11-13-19-15(17)2)10-7-12-20-16-8-5-4-6-9-16/h4-6,8-9,15,18H,3,7,10-14H2,1-2H3. The number of hydrogen-bond acceptors (Lipinski definition) is 3. The van der Waals surface area contributed by atoms with Gasteiger partial charge in [-0.1, -0.05) is 25.1 Å². The van der Waals surface area contributed by atoms with Gasteiger partial charge in [-0.3, -0.25) is 0 Å². The van der Waals surface area contributed by atoms with Crippen LogP contribution in [-0.2, 0) is 4.74 Å². The topological polar surface area (TPSA) is 30.5 Å². The fourth-order valence-corrected chi connectivity index (χ4v) is 2.97. The van der Waals surface area contributed by atoms with E-state index in [0.29, 0.717) is 6.10 Å². The molecule has 0 bridgehead atoms. The molecule has 2 rings (SSSR count). The van der Waals surface area contributed by atoms with Gasteiger partial charge in [0.25, 0.3) is 0 Å². The molecule has 1 saturated heterocycles. The quantitative estimate of drug-likeness (QED) is 0.740. The molecule has 0 spiro atoms. The van der Waals surface area contributed by atoms with E-state index in [4.69, 9.17) is 9.47 Å². The van der Waals surface area contributed by atoms with Gasteiger partial charge in [0.1, 0.15) is 5.75 Å². The second-order valence-electron chi connectivity index (χ2n) is 5.67. The lowest BCUT2D eigenvalue weighted by molar-refractivity contribution is 0.0555. The molecule has 0 aliphatic carbocycles. The van der Waals surface area contributed by atoms with Crippen LogP contribution in [0.1, 0.15) is 33.1 Å². The molecule has 1 N–H and O–H groups in total. The zero-order chi connectivity index (χ0) is 14.3. The highest BCUT2D eigenvalue weighted by atomic mass is 16.5. The second kappa shape index (κ2) is 7.65. The van der Waals surface area contributed by atoms with Crippen molar-refractivity contribution in [2.45, 2.75) is 39.2 Å². The summed E-state index contributed by atoms with van der Waals surface area (Å²) in [6, 6.07) is 10.0. The summed E-state index contributed by atoms with van der Waals surface area (Å²) in [4.78, 5) is 0. The summed E-state index contributed by atoms with van der Waals surface area (Å²) in [5.74, 6) is 0.962. The minimum Gasteiger partial charge on any atom is -0.494 e. The van der Waals surface area contributed by atoms with Crippen LogP contribution in [0.3, 0.4) is 0 Å². The average molecular weight is 277 g/mol. The Balaban J connectivity index is 1.77. The van der Waals surface area contributed by atoms with Crippen LogP contribution < -0.4 is 10.1 Å². The zero-order valence-electron chi connectivity index (χ0n) is 12.7. The number of ether oxygens (including phenoxy) is 2. The number of para-hydroxylation sites is 1. The SMILES string of the molecule is CCNCC1(CCCOc2ccccc2)CCOC1C. The second-order valence-corrected chi connectivity index (χ2v) is 5.67. The monoisotopic (exact) mass is 277 g/mol. The van der Waals surface area contributed by atoms with Crippen LogP contribution >= 0.6 is 0 Å². The van der Waals surface area contributed by atoms with Gasteiger partial charge in [0.2, 0.25) is 0 Å². The van der Waals surface area contributed by atoms with Gasteiger partial charge >= 0.3 is 0 Å². The Morgan fingerprint density at radius 1 is 1.35 bits per heavy atom. The maximum absolute atomic E-state index is 5.80. The van der Waals surface area contributed by atoms with E-state index < -0.39 is 0 Å². The van der Waals surface area contributed by atoms with E-state index in [9.17, 15) is 0 Å². The van der Waals surface area contributed by atoms with E-state index in [-0.39, 0.29) is 5.41 Å². The maximum Gasteiger partial charge on any atom is 0.119 e. The molecule has 0 saturated carbocycles. The molecule has 3 nitrogen and oxygen atoms in total. The van der Waals surface area contributed by atoms with Crippen LogP contribution in [0, 0.1) is 5.41 Å². The van der Waals surface area contributed by atoms with Crippen molar-refractivity contribution in [1.29, 1.82) is 0 Å². The molecular formula is C17H27NO2. The number of rotatable bonds is 8. The summed E-state index contributed by atoms with van der Waals surface area (Å²) in [7, 11) is 0. The van der Waals surface area contributed by atoms with E-state index in [1.54, 1.807) is 0 Å². The summed E-state index contributed by atoms with van der Waals surface area (Å²) in [5, 5.41) is 3.50. The minimum atomic E-state index is 0.288. The van der Waals surface area contributed by atoms with Gasteiger partial charge < -0.3 is 14.8 Å². The largest absolute Gasteiger partial charge is 0.494 e. The molecule has 2 atom stereocenters. The molecule has 1 aromatic carbocycles. The highest BCUT2D eigenvalue weighted by Gasteiger charge is 2.40. The first kappa shape index (κ1) is 15.3. The van der Waals surface area contributed by atoms with Crippen LogP contribution in [0.2, 0.25) is 0 Å². The lowest BCUT2D eigenvalue weighted by Crippen LogP contribution is -2.39. The number of hydrogen-bond donors (Lipinski definition) is 1. The minimum absolute atomic E-state index is 0.288. The Morgan fingerprint density at radius 2 is 2.15 bits per heavy atom. The molecule has 0 amide bonds. The normalized spacial score (nSPS) is 25.8. The van der Waals surface area contributed by atoms with E-state index in [2.05, 4.69) is 19.2 Å². The molecule has 1 aliphatic heterocycles. The molecule has 1 aromatic rings. The summed E-state index contributed by atoms with van der Waals surface area (Å²) >= 11 is 0. The third-order valence-corrected chi connectivity index (χ3v) is 4.39. The Hall–Kier alpha value is -1.06. The third-order valence-electron chi connectivity index (χ3n) is 4.39. The molecule has 0 radical (unpaired) electrons. The van der Waals surface area contributed by atoms with Crippen LogP contribution in [0.25, 0.3) is 0 Å². The van der Waals surface area contributed by atoms with Crippen LogP contribution in [-0.4, -0.2) is 32.4 Å². The lowest BCUT2D eigenvalue weighted by atomic mass is 9.77. The highest BCUT2D eigenvalue weighted by molar-refractivity contribution is 5.20. The fraction of sp³-hybridized carbons (Fsp3) is 0.647. The highest BCUT2D eigenvalue weighted by Crippen LogP contribution is 2.38. The van der Waals surface area contributed by atoms with Crippen LogP contribution in [0.5, 0.6) is 5.75 Å². The van der Waals surface area contributed by atoms with Gasteiger partial charge in [-0.2, -0.15) is 0 Å². The summed E-state index contributed by atoms with van der Waals surface area (Å²) < 4.78 is 11.6. The summed E-state index contributed by atoms with van der Waals surface area (Å²) in [6.45, 7) is 8.12. The van der Waals surface area contributed by atoms with Crippen molar-refractivity contribution >= 4 is 0 Å². The number of benzene rings is 1. The van der Waals surface area contributed by atoms with Gasteiger partial charge in [0, 0.05) is 18.6 Å². The molecule has 1 aliphatic rings. The van der Waals surface area contributed by atoms with Crippen LogP contribution in [0.4, 0.5) is 0 Å². The Labute approximate surface area is 122 Å². The van der Waals surface area contributed by atoms with E-state index >= 15 is 0 Å².